The molecule has 0 aliphatic rings. The largest absolute Gasteiger partial charge is 0.412 e. The molecule has 0 spiro atoms. The highest BCUT2D eigenvalue weighted by atomic mass is 28.4. The van der Waals surface area contributed by atoms with E-state index in [1.54, 1.807) is 0 Å². The first-order chi connectivity index (χ1) is 5.64. The second-order valence-electron chi connectivity index (χ2n) is 3.35. The summed E-state index contributed by atoms with van der Waals surface area (Å²) in [5.41, 5.74) is 0. The van der Waals surface area contributed by atoms with Crippen LogP contribution in [0.5, 0.6) is 0 Å². The number of hydrogen-bond donors (Lipinski definition) is 1. The van der Waals surface area contributed by atoms with Crippen LogP contribution in [-0.2, 0) is 4.43 Å². The molecule has 0 radical (unpaired) electrons. The van der Waals surface area contributed by atoms with Crippen LogP contribution in [0.3, 0.4) is 0 Å². The summed E-state index contributed by atoms with van der Waals surface area (Å²) in [5, 5.41) is 8.88. The molecule has 0 fully saturated rings. The highest BCUT2D eigenvalue weighted by Crippen LogP contribution is 2.22. The van der Waals surface area contributed by atoms with E-state index in [4.69, 9.17) is 9.53 Å². The van der Waals surface area contributed by atoms with Crippen molar-refractivity contribution in [2.75, 3.05) is 6.61 Å². The topological polar surface area (TPSA) is 29.5 Å². The average molecular weight is 190 g/mol. The summed E-state index contributed by atoms with van der Waals surface area (Å²) >= 11 is 0. The van der Waals surface area contributed by atoms with E-state index < -0.39 is 8.32 Å². The molecule has 0 saturated carbocycles. The van der Waals surface area contributed by atoms with Gasteiger partial charge in [-0.15, -0.1) is 0 Å². The number of hydrogen-bond acceptors (Lipinski definition) is 2. The summed E-state index contributed by atoms with van der Waals surface area (Å²) < 4.78 is 5.92. The quantitative estimate of drug-likeness (QED) is 0.652. The van der Waals surface area contributed by atoms with Crippen LogP contribution in [0.1, 0.15) is 27.7 Å². The van der Waals surface area contributed by atoms with Crippen molar-refractivity contribution in [2.45, 2.75) is 51.9 Å². The standard InChI is InChI=1S/C9H22O2Si/c1-5-12(6-2,7-3)11-9(4)8-10/h9-10H,5-8H2,1-4H3/t9-/m0/s1. The monoisotopic (exact) mass is 190 g/mol. The van der Waals surface area contributed by atoms with E-state index in [9.17, 15) is 0 Å². The molecule has 0 aliphatic carbocycles. The van der Waals surface area contributed by atoms with Gasteiger partial charge in [0.15, 0.2) is 8.32 Å². The van der Waals surface area contributed by atoms with Gasteiger partial charge in [-0.2, -0.15) is 0 Å². The fraction of sp³-hybridized carbons (Fsp3) is 1.00. The molecular weight excluding hydrogens is 168 g/mol. The molecule has 0 bridgehead atoms. The number of rotatable bonds is 6. The van der Waals surface area contributed by atoms with Crippen LogP contribution in [0.15, 0.2) is 0 Å². The molecule has 3 heteroatoms. The lowest BCUT2D eigenvalue weighted by Gasteiger charge is -2.30. The van der Waals surface area contributed by atoms with Crippen LogP contribution in [0, 0.1) is 0 Å². The van der Waals surface area contributed by atoms with Crippen LogP contribution in [0.4, 0.5) is 0 Å². The molecule has 1 N–H and O–H groups in total. The summed E-state index contributed by atoms with van der Waals surface area (Å²) in [6.07, 6.45) is 0.0246. The lowest BCUT2D eigenvalue weighted by Crippen LogP contribution is -2.40. The molecule has 12 heavy (non-hydrogen) atoms. The van der Waals surface area contributed by atoms with Crippen molar-refractivity contribution in [2.24, 2.45) is 0 Å². The van der Waals surface area contributed by atoms with Gasteiger partial charge in [0.1, 0.15) is 0 Å². The second-order valence-corrected chi connectivity index (χ2v) is 8.08. The number of aliphatic hydroxyl groups is 1. The maximum Gasteiger partial charge on any atom is 0.192 e. The summed E-state index contributed by atoms with van der Waals surface area (Å²) in [6.45, 7) is 8.69. The molecule has 74 valence electrons. The Kier molecular flexibility index (Phi) is 5.79. The predicted octanol–water partition coefficient (Wildman–Crippen LogP) is 2.39. The van der Waals surface area contributed by atoms with Gasteiger partial charge < -0.3 is 9.53 Å². The molecule has 0 unspecified atom stereocenters. The van der Waals surface area contributed by atoms with Gasteiger partial charge in [-0.3, -0.25) is 0 Å². The van der Waals surface area contributed by atoms with Crippen LogP contribution in [-0.4, -0.2) is 26.1 Å². The Hall–Kier alpha value is 0.137. The Labute approximate surface area is 77.1 Å². The molecule has 0 aliphatic heterocycles. The summed E-state index contributed by atoms with van der Waals surface area (Å²) in [6, 6.07) is 3.47. The van der Waals surface area contributed by atoms with Gasteiger partial charge in [-0.1, -0.05) is 20.8 Å². The minimum absolute atomic E-state index is 0.0246. The second kappa shape index (κ2) is 5.73. The molecule has 0 rings (SSSR count). The molecule has 0 aromatic heterocycles. The van der Waals surface area contributed by atoms with E-state index >= 15 is 0 Å². The SMILES string of the molecule is CC[Si](CC)(CC)O[C@@H](C)CO. The Morgan fingerprint density at radius 2 is 1.58 bits per heavy atom. The Bertz CT molecular complexity index is 105. The highest BCUT2D eigenvalue weighted by molar-refractivity contribution is 6.73. The van der Waals surface area contributed by atoms with Crippen molar-refractivity contribution in [3.05, 3.63) is 0 Å². The zero-order chi connectivity index (χ0) is 9.61. The van der Waals surface area contributed by atoms with E-state index in [2.05, 4.69) is 20.8 Å². The Morgan fingerprint density at radius 1 is 1.17 bits per heavy atom. The lowest BCUT2D eigenvalue weighted by atomic mass is 10.5. The zero-order valence-electron chi connectivity index (χ0n) is 8.76. The minimum atomic E-state index is -1.46. The predicted molar refractivity (Wildman–Crippen MR) is 54.8 cm³/mol. The van der Waals surface area contributed by atoms with Crippen molar-refractivity contribution < 1.29 is 9.53 Å². The van der Waals surface area contributed by atoms with Gasteiger partial charge in [0.25, 0.3) is 0 Å². The molecular formula is C9H22O2Si. The smallest absolute Gasteiger partial charge is 0.192 e. The van der Waals surface area contributed by atoms with Crippen LogP contribution < -0.4 is 0 Å². The van der Waals surface area contributed by atoms with Crippen molar-refractivity contribution in [3.8, 4) is 0 Å². The molecule has 0 aromatic carbocycles. The first kappa shape index (κ1) is 12.1. The fourth-order valence-electron chi connectivity index (χ4n) is 1.46. The van der Waals surface area contributed by atoms with Crippen LogP contribution in [0.25, 0.3) is 0 Å². The Balaban J connectivity index is 4.09. The minimum Gasteiger partial charge on any atom is -0.412 e. The lowest BCUT2D eigenvalue weighted by molar-refractivity contribution is 0.120. The molecule has 0 heterocycles. The van der Waals surface area contributed by atoms with E-state index in [0.717, 1.165) is 18.1 Å². The third-order valence-electron chi connectivity index (χ3n) is 2.64. The van der Waals surface area contributed by atoms with Crippen LogP contribution >= 0.6 is 0 Å². The van der Waals surface area contributed by atoms with Gasteiger partial charge in [0.05, 0.1) is 12.7 Å². The normalized spacial score (nSPS) is 14.8. The van der Waals surface area contributed by atoms with Gasteiger partial charge in [0, 0.05) is 0 Å². The summed E-state index contributed by atoms with van der Waals surface area (Å²) in [7, 11) is -1.46. The van der Waals surface area contributed by atoms with E-state index in [-0.39, 0.29) is 12.7 Å². The van der Waals surface area contributed by atoms with Crippen molar-refractivity contribution in [3.63, 3.8) is 0 Å². The van der Waals surface area contributed by atoms with Gasteiger partial charge >= 0.3 is 0 Å². The molecule has 0 amide bonds. The Morgan fingerprint density at radius 3 is 1.83 bits per heavy atom. The van der Waals surface area contributed by atoms with Crippen molar-refractivity contribution in [1.29, 1.82) is 0 Å². The molecule has 1 atom stereocenters. The summed E-state index contributed by atoms with van der Waals surface area (Å²) in [5.74, 6) is 0. The maximum atomic E-state index is 8.88. The van der Waals surface area contributed by atoms with E-state index in [0.29, 0.717) is 0 Å². The van der Waals surface area contributed by atoms with E-state index in [1.807, 2.05) is 6.92 Å². The van der Waals surface area contributed by atoms with Crippen molar-refractivity contribution in [1.82, 2.24) is 0 Å². The first-order valence-electron chi connectivity index (χ1n) is 4.92. The van der Waals surface area contributed by atoms with Crippen LogP contribution in [0.2, 0.25) is 18.1 Å². The average Bonchev–Trinajstić information content (AvgIpc) is 2.14. The fourth-order valence-corrected chi connectivity index (χ4v) is 4.39. The molecule has 0 aromatic rings. The third-order valence-corrected chi connectivity index (χ3v) is 7.41. The molecule has 0 saturated heterocycles. The number of aliphatic hydroxyl groups excluding tert-OH is 1. The highest BCUT2D eigenvalue weighted by Gasteiger charge is 2.30. The van der Waals surface area contributed by atoms with Crippen molar-refractivity contribution >= 4 is 8.32 Å². The third kappa shape index (κ3) is 3.25. The summed E-state index contributed by atoms with van der Waals surface area (Å²) in [4.78, 5) is 0. The van der Waals surface area contributed by atoms with Gasteiger partial charge in [-0.05, 0) is 25.1 Å². The maximum absolute atomic E-state index is 8.88. The first-order valence-corrected chi connectivity index (χ1v) is 7.45. The zero-order valence-corrected chi connectivity index (χ0v) is 9.76. The van der Waals surface area contributed by atoms with Gasteiger partial charge in [-0.25, -0.2) is 0 Å². The van der Waals surface area contributed by atoms with Gasteiger partial charge in [0.2, 0.25) is 0 Å². The van der Waals surface area contributed by atoms with E-state index in [1.165, 1.54) is 0 Å². The molecule has 2 nitrogen and oxygen atoms in total.